The average Bonchev–Trinajstić information content (AvgIpc) is 2.65. The summed E-state index contributed by atoms with van der Waals surface area (Å²) in [5, 5.41) is 16.5. The molecular weight excluding hydrogens is 202 g/mol. The second-order valence-electron chi connectivity index (χ2n) is 4.95. The van der Waals surface area contributed by atoms with Crippen molar-refractivity contribution in [2.45, 2.75) is 40.3 Å². The molecule has 0 aromatic carbocycles. The van der Waals surface area contributed by atoms with Gasteiger partial charge in [0.15, 0.2) is 0 Å². The number of rotatable bonds is 7. The Morgan fingerprint density at radius 1 is 1.50 bits per heavy atom. The minimum atomic E-state index is 0.148. The minimum absolute atomic E-state index is 0.148. The zero-order valence-corrected chi connectivity index (χ0v) is 10.5. The summed E-state index contributed by atoms with van der Waals surface area (Å²) in [6.45, 7) is 9.31. The first kappa shape index (κ1) is 13.2. The zero-order chi connectivity index (χ0) is 12.0. The SMILES string of the molecule is CCn1cc(CNCC(C)(C)CCO)cn1. The molecule has 0 bridgehead atoms. The summed E-state index contributed by atoms with van der Waals surface area (Å²) >= 11 is 0. The fourth-order valence-corrected chi connectivity index (χ4v) is 1.61. The molecule has 0 atom stereocenters. The van der Waals surface area contributed by atoms with Crippen molar-refractivity contribution in [2.75, 3.05) is 13.2 Å². The lowest BCUT2D eigenvalue weighted by molar-refractivity contribution is 0.207. The summed E-state index contributed by atoms with van der Waals surface area (Å²) < 4.78 is 1.93. The van der Waals surface area contributed by atoms with Crippen LogP contribution in [0, 0.1) is 5.41 Å². The van der Waals surface area contributed by atoms with Crippen LogP contribution in [0.1, 0.15) is 32.8 Å². The molecule has 0 amide bonds. The van der Waals surface area contributed by atoms with Gasteiger partial charge in [0.05, 0.1) is 6.20 Å². The summed E-state index contributed by atoms with van der Waals surface area (Å²) in [5.74, 6) is 0. The van der Waals surface area contributed by atoms with Gasteiger partial charge in [-0.3, -0.25) is 4.68 Å². The Morgan fingerprint density at radius 2 is 2.25 bits per heavy atom. The summed E-state index contributed by atoms with van der Waals surface area (Å²) in [6, 6.07) is 0. The number of aliphatic hydroxyl groups is 1. The number of nitrogens with zero attached hydrogens (tertiary/aromatic N) is 2. The Labute approximate surface area is 97.7 Å². The van der Waals surface area contributed by atoms with Crippen molar-refractivity contribution in [2.24, 2.45) is 5.41 Å². The number of hydrogen-bond donors (Lipinski definition) is 2. The van der Waals surface area contributed by atoms with Gasteiger partial charge in [0, 0.05) is 38.0 Å². The Hall–Kier alpha value is -0.870. The highest BCUT2D eigenvalue weighted by molar-refractivity contribution is 5.03. The van der Waals surface area contributed by atoms with Gasteiger partial charge in [0.1, 0.15) is 0 Å². The van der Waals surface area contributed by atoms with Gasteiger partial charge in [-0.2, -0.15) is 5.10 Å². The molecule has 2 N–H and O–H groups in total. The van der Waals surface area contributed by atoms with Gasteiger partial charge in [-0.1, -0.05) is 13.8 Å². The van der Waals surface area contributed by atoms with Crippen molar-refractivity contribution in [3.63, 3.8) is 0 Å². The topological polar surface area (TPSA) is 50.1 Å². The first-order valence-corrected chi connectivity index (χ1v) is 5.90. The van der Waals surface area contributed by atoms with Crippen molar-refractivity contribution in [3.05, 3.63) is 18.0 Å². The Bertz CT molecular complexity index is 307. The van der Waals surface area contributed by atoms with E-state index in [4.69, 9.17) is 5.11 Å². The molecule has 0 aliphatic carbocycles. The first-order chi connectivity index (χ1) is 7.57. The highest BCUT2D eigenvalue weighted by atomic mass is 16.3. The summed E-state index contributed by atoms with van der Waals surface area (Å²) in [5.41, 5.74) is 1.36. The molecule has 1 rings (SSSR count). The molecule has 4 heteroatoms. The van der Waals surface area contributed by atoms with Crippen LogP contribution in [-0.4, -0.2) is 28.0 Å². The Kier molecular flexibility index (Phi) is 4.96. The van der Waals surface area contributed by atoms with Crippen LogP contribution in [0.4, 0.5) is 0 Å². The van der Waals surface area contributed by atoms with Crippen LogP contribution >= 0.6 is 0 Å². The molecule has 92 valence electrons. The second kappa shape index (κ2) is 6.01. The predicted molar refractivity (Wildman–Crippen MR) is 65.1 cm³/mol. The van der Waals surface area contributed by atoms with Gasteiger partial charge in [-0.05, 0) is 18.8 Å². The molecule has 0 saturated carbocycles. The van der Waals surface area contributed by atoms with Crippen LogP contribution in [-0.2, 0) is 13.1 Å². The normalized spacial score (nSPS) is 12.0. The number of aryl methyl sites for hydroxylation is 1. The Balaban J connectivity index is 2.29. The maximum Gasteiger partial charge on any atom is 0.0534 e. The highest BCUT2D eigenvalue weighted by Crippen LogP contribution is 2.18. The molecule has 0 saturated heterocycles. The molecule has 4 nitrogen and oxygen atoms in total. The maximum absolute atomic E-state index is 8.91. The molecule has 0 aliphatic heterocycles. The van der Waals surface area contributed by atoms with Crippen LogP contribution in [0.3, 0.4) is 0 Å². The van der Waals surface area contributed by atoms with Crippen molar-refractivity contribution in [3.8, 4) is 0 Å². The maximum atomic E-state index is 8.91. The van der Waals surface area contributed by atoms with Gasteiger partial charge >= 0.3 is 0 Å². The standard InChI is InChI=1S/C12H23N3O/c1-4-15-9-11(8-14-15)7-13-10-12(2,3)5-6-16/h8-9,13,16H,4-7,10H2,1-3H3. The van der Waals surface area contributed by atoms with E-state index in [0.717, 1.165) is 26.1 Å². The van der Waals surface area contributed by atoms with Crippen LogP contribution in [0.25, 0.3) is 0 Å². The molecule has 1 heterocycles. The quantitative estimate of drug-likeness (QED) is 0.737. The third kappa shape index (κ3) is 4.33. The van der Waals surface area contributed by atoms with E-state index in [1.807, 2.05) is 10.9 Å². The average molecular weight is 225 g/mol. The van der Waals surface area contributed by atoms with E-state index >= 15 is 0 Å². The van der Waals surface area contributed by atoms with E-state index < -0.39 is 0 Å². The molecule has 0 fully saturated rings. The van der Waals surface area contributed by atoms with Crippen molar-refractivity contribution in [1.82, 2.24) is 15.1 Å². The number of aliphatic hydroxyl groups excluding tert-OH is 1. The molecule has 0 radical (unpaired) electrons. The molecule has 0 aliphatic rings. The smallest absolute Gasteiger partial charge is 0.0534 e. The summed E-state index contributed by atoms with van der Waals surface area (Å²) in [4.78, 5) is 0. The van der Waals surface area contributed by atoms with E-state index in [-0.39, 0.29) is 12.0 Å². The van der Waals surface area contributed by atoms with Crippen molar-refractivity contribution < 1.29 is 5.11 Å². The summed E-state index contributed by atoms with van der Waals surface area (Å²) in [6.07, 6.45) is 4.79. The number of hydrogen-bond acceptors (Lipinski definition) is 3. The molecule has 1 aromatic heterocycles. The van der Waals surface area contributed by atoms with Crippen LogP contribution in [0.15, 0.2) is 12.4 Å². The fraction of sp³-hybridized carbons (Fsp3) is 0.750. The van der Waals surface area contributed by atoms with Crippen molar-refractivity contribution >= 4 is 0 Å². The third-order valence-electron chi connectivity index (χ3n) is 2.73. The first-order valence-electron chi connectivity index (χ1n) is 5.90. The summed E-state index contributed by atoms with van der Waals surface area (Å²) in [7, 11) is 0. The van der Waals surface area contributed by atoms with E-state index in [1.54, 1.807) is 0 Å². The molecular formula is C12H23N3O. The largest absolute Gasteiger partial charge is 0.396 e. The minimum Gasteiger partial charge on any atom is -0.396 e. The lowest BCUT2D eigenvalue weighted by atomic mass is 9.90. The second-order valence-corrected chi connectivity index (χ2v) is 4.95. The number of nitrogens with one attached hydrogen (secondary N) is 1. The molecule has 0 spiro atoms. The van der Waals surface area contributed by atoms with E-state index in [0.29, 0.717) is 0 Å². The third-order valence-corrected chi connectivity index (χ3v) is 2.73. The zero-order valence-electron chi connectivity index (χ0n) is 10.5. The molecule has 16 heavy (non-hydrogen) atoms. The highest BCUT2D eigenvalue weighted by Gasteiger charge is 2.16. The number of aromatic nitrogens is 2. The van der Waals surface area contributed by atoms with Crippen LogP contribution in [0.5, 0.6) is 0 Å². The monoisotopic (exact) mass is 225 g/mol. The van der Waals surface area contributed by atoms with E-state index in [1.165, 1.54) is 5.56 Å². The van der Waals surface area contributed by atoms with Gasteiger partial charge in [0.25, 0.3) is 0 Å². The van der Waals surface area contributed by atoms with Gasteiger partial charge in [-0.25, -0.2) is 0 Å². The van der Waals surface area contributed by atoms with Gasteiger partial charge < -0.3 is 10.4 Å². The Morgan fingerprint density at radius 3 is 2.81 bits per heavy atom. The van der Waals surface area contributed by atoms with Gasteiger partial charge in [-0.15, -0.1) is 0 Å². The van der Waals surface area contributed by atoms with Gasteiger partial charge in [0.2, 0.25) is 0 Å². The van der Waals surface area contributed by atoms with E-state index in [2.05, 4.69) is 37.4 Å². The van der Waals surface area contributed by atoms with Crippen LogP contribution in [0.2, 0.25) is 0 Å². The lowest BCUT2D eigenvalue weighted by Gasteiger charge is -2.23. The van der Waals surface area contributed by atoms with E-state index in [9.17, 15) is 0 Å². The fourth-order valence-electron chi connectivity index (χ4n) is 1.61. The predicted octanol–water partition coefficient (Wildman–Crippen LogP) is 1.40. The molecule has 0 unspecified atom stereocenters. The van der Waals surface area contributed by atoms with Crippen molar-refractivity contribution in [1.29, 1.82) is 0 Å². The molecule has 1 aromatic rings. The van der Waals surface area contributed by atoms with Crippen LogP contribution < -0.4 is 5.32 Å². The lowest BCUT2D eigenvalue weighted by Crippen LogP contribution is -2.29.